The van der Waals surface area contributed by atoms with Crippen molar-refractivity contribution in [1.82, 2.24) is 10.2 Å². The van der Waals surface area contributed by atoms with Gasteiger partial charge in [-0.25, -0.2) is 0 Å². The highest BCUT2D eigenvalue weighted by atomic mass is 16.5. The number of rotatable bonds is 4. The molecule has 0 amide bonds. The van der Waals surface area contributed by atoms with Gasteiger partial charge in [0.15, 0.2) is 0 Å². The number of hydrogen-bond acceptors (Lipinski definition) is 3. The lowest BCUT2D eigenvalue weighted by Crippen LogP contribution is -2.41. The molecule has 3 rings (SSSR count). The quantitative estimate of drug-likeness (QED) is 0.897. The molecule has 0 saturated carbocycles. The SMILES string of the molecule is CCC1(C)CC(Nc2cccc(-c3ccn[nH]3)c2)CCO1. The number of benzene rings is 1. The molecule has 0 bridgehead atoms. The molecule has 2 heterocycles. The molecule has 0 radical (unpaired) electrons. The van der Waals surface area contributed by atoms with E-state index in [1.54, 1.807) is 6.20 Å². The number of H-pyrrole nitrogens is 1. The second-order valence-electron chi connectivity index (χ2n) is 6.04. The van der Waals surface area contributed by atoms with Gasteiger partial charge in [-0.05, 0) is 44.4 Å². The van der Waals surface area contributed by atoms with Gasteiger partial charge in [0.2, 0.25) is 0 Å². The maximum Gasteiger partial charge on any atom is 0.0671 e. The predicted octanol–water partition coefficient (Wildman–Crippen LogP) is 3.84. The monoisotopic (exact) mass is 285 g/mol. The number of hydrogen-bond donors (Lipinski definition) is 2. The summed E-state index contributed by atoms with van der Waals surface area (Å²) in [5.41, 5.74) is 3.37. The molecule has 2 unspecified atom stereocenters. The second-order valence-corrected chi connectivity index (χ2v) is 6.04. The number of anilines is 1. The molecule has 2 N–H and O–H groups in total. The van der Waals surface area contributed by atoms with E-state index in [1.165, 1.54) is 0 Å². The van der Waals surface area contributed by atoms with Crippen molar-refractivity contribution in [3.8, 4) is 11.3 Å². The van der Waals surface area contributed by atoms with Crippen molar-refractivity contribution in [2.24, 2.45) is 0 Å². The fourth-order valence-electron chi connectivity index (χ4n) is 2.93. The van der Waals surface area contributed by atoms with Gasteiger partial charge in [0.25, 0.3) is 0 Å². The molecular formula is C17H23N3O. The summed E-state index contributed by atoms with van der Waals surface area (Å²) in [7, 11) is 0. The van der Waals surface area contributed by atoms with Crippen LogP contribution in [0.15, 0.2) is 36.5 Å². The van der Waals surface area contributed by atoms with Crippen LogP contribution in [0.2, 0.25) is 0 Å². The highest BCUT2D eigenvalue weighted by molar-refractivity contribution is 5.64. The van der Waals surface area contributed by atoms with Crippen molar-refractivity contribution in [2.45, 2.75) is 44.8 Å². The van der Waals surface area contributed by atoms with Crippen LogP contribution in [0.4, 0.5) is 5.69 Å². The van der Waals surface area contributed by atoms with Crippen LogP contribution in [0.5, 0.6) is 0 Å². The molecule has 0 aliphatic carbocycles. The van der Waals surface area contributed by atoms with E-state index in [2.05, 4.69) is 53.6 Å². The van der Waals surface area contributed by atoms with E-state index < -0.39 is 0 Å². The Morgan fingerprint density at radius 2 is 2.33 bits per heavy atom. The van der Waals surface area contributed by atoms with E-state index in [-0.39, 0.29) is 5.60 Å². The zero-order valence-electron chi connectivity index (χ0n) is 12.7. The van der Waals surface area contributed by atoms with E-state index in [4.69, 9.17) is 4.74 Å². The molecule has 1 saturated heterocycles. The summed E-state index contributed by atoms with van der Waals surface area (Å²) in [6, 6.07) is 10.9. The Morgan fingerprint density at radius 1 is 1.43 bits per heavy atom. The minimum absolute atomic E-state index is 0.0108. The smallest absolute Gasteiger partial charge is 0.0671 e. The number of aromatic nitrogens is 2. The minimum Gasteiger partial charge on any atom is -0.382 e. The van der Waals surface area contributed by atoms with Crippen molar-refractivity contribution in [3.05, 3.63) is 36.5 Å². The topological polar surface area (TPSA) is 49.9 Å². The van der Waals surface area contributed by atoms with Gasteiger partial charge in [-0.3, -0.25) is 5.10 Å². The molecule has 21 heavy (non-hydrogen) atoms. The van der Waals surface area contributed by atoms with Crippen LogP contribution in [0.25, 0.3) is 11.3 Å². The zero-order valence-corrected chi connectivity index (χ0v) is 12.7. The lowest BCUT2D eigenvalue weighted by molar-refractivity contribution is -0.0708. The summed E-state index contributed by atoms with van der Waals surface area (Å²) in [5, 5.41) is 10.7. The van der Waals surface area contributed by atoms with Gasteiger partial charge in [0.05, 0.1) is 11.3 Å². The Morgan fingerprint density at radius 3 is 3.10 bits per heavy atom. The van der Waals surface area contributed by atoms with Gasteiger partial charge in [-0.2, -0.15) is 5.10 Å². The molecule has 2 atom stereocenters. The minimum atomic E-state index is 0.0108. The lowest BCUT2D eigenvalue weighted by Gasteiger charge is -2.38. The molecule has 1 aliphatic heterocycles. The first-order chi connectivity index (χ1) is 10.2. The Labute approximate surface area is 125 Å². The Bertz CT molecular complexity index is 581. The summed E-state index contributed by atoms with van der Waals surface area (Å²) in [6.07, 6.45) is 4.95. The summed E-state index contributed by atoms with van der Waals surface area (Å²) in [6.45, 7) is 5.24. The van der Waals surface area contributed by atoms with E-state index >= 15 is 0 Å². The average molecular weight is 285 g/mol. The van der Waals surface area contributed by atoms with Gasteiger partial charge >= 0.3 is 0 Å². The molecule has 0 spiro atoms. The van der Waals surface area contributed by atoms with Crippen LogP contribution >= 0.6 is 0 Å². The van der Waals surface area contributed by atoms with Gasteiger partial charge in [0.1, 0.15) is 0 Å². The van der Waals surface area contributed by atoms with Crippen LogP contribution in [0.3, 0.4) is 0 Å². The normalized spacial score (nSPS) is 25.7. The molecule has 4 heteroatoms. The van der Waals surface area contributed by atoms with Crippen molar-refractivity contribution in [2.75, 3.05) is 11.9 Å². The van der Waals surface area contributed by atoms with Gasteiger partial charge in [-0.15, -0.1) is 0 Å². The standard InChI is InChI=1S/C17H23N3O/c1-3-17(2)12-15(8-10-21-17)19-14-6-4-5-13(11-14)16-7-9-18-20-16/h4-7,9,11,15,19H,3,8,10,12H2,1-2H3,(H,18,20). The second kappa shape index (κ2) is 5.90. The number of nitrogens with zero attached hydrogens (tertiary/aromatic N) is 1. The first-order valence-electron chi connectivity index (χ1n) is 7.69. The van der Waals surface area contributed by atoms with Crippen LogP contribution < -0.4 is 5.32 Å². The Kier molecular flexibility index (Phi) is 3.97. The lowest BCUT2D eigenvalue weighted by atomic mass is 9.90. The molecule has 1 aliphatic rings. The number of ether oxygens (including phenoxy) is 1. The van der Waals surface area contributed by atoms with Crippen LogP contribution in [0.1, 0.15) is 33.1 Å². The Hall–Kier alpha value is -1.81. The third kappa shape index (κ3) is 3.27. The highest BCUT2D eigenvalue weighted by Gasteiger charge is 2.31. The van der Waals surface area contributed by atoms with E-state index in [0.717, 1.165) is 42.8 Å². The largest absolute Gasteiger partial charge is 0.382 e. The van der Waals surface area contributed by atoms with Crippen molar-refractivity contribution >= 4 is 5.69 Å². The molecular weight excluding hydrogens is 262 g/mol. The van der Waals surface area contributed by atoms with E-state index in [1.807, 2.05) is 6.07 Å². The van der Waals surface area contributed by atoms with Gasteiger partial charge in [-0.1, -0.05) is 19.1 Å². The molecule has 1 fully saturated rings. The molecule has 1 aromatic carbocycles. The average Bonchev–Trinajstić information content (AvgIpc) is 3.02. The third-order valence-corrected chi connectivity index (χ3v) is 4.39. The first kappa shape index (κ1) is 14.1. The fraction of sp³-hybridized carbons (Fsp3) is 0.471. The van der Waals surface area contributed by atoms with Gasteiger partial charge in [0, 0.05) is 30.1 Å². The number of nitrogens with one attached hydrogen (secondary N) is 2. The van der Waals surface area contributed by atoms with Crippen molar-refractivity contribution < 1.29 is 4.74 Å². The van der Waals surface area contributed by atoms with Crippen molar-refractivity contribution in [3.63, 3.8) is 0 Å². The molecule has 4 nitrogen and oxygen atoms in total. The van der Waals surface area contributed by atoms with Crippen LogP contribution in [-0.2, 0) is 4.74 Å². The number of aromatic amines is 1. The summed E-state index contributed by atoms with van der Waals surface area (Å²) in [5.74, 6) is 0. The first-order valence-corrected chi connectivity index (χ1v) is 7.69. The summed E-state index contributed by atoms with van der Waals surface area (Å²) >= 11 is 0. The highest BCUT2D eigenvalue weighted by Crippen LogP contribution is 2.30. The van der Waals surface area contributed by atoms with Crippen molar-refractivity contribution in [1.29, 1.82) is 0 Å². The molecule has 112 valence electrons. The molecule has 1 aromatic heterocycles. The predicted molar refractivity (Wildman–Crippen MR) is 85.3 cm³/mol. The Balaban J connectivity index is 1.72. The summed E-state index contributed by atoms with van der Waals surface area (Å²) in [4.78, 5) is 0. The van der Waals surface area contributed by atoms with Gasteiger partial charge < -0.3 is 10.1 Å². The fourth-order valence-corrected chi connectivity index (χ4v) is 2.93. The van der Waals surface area contributed by atoms with Crippen LogP contribution in [-0.4, -0.2) is 28.4 Å². The van der Waals surface area contributed by atoms with E-state index in [0.29, 0.717) is 6.04 Å². The molecule has 2 aromatic rings. The van der Waals surface area contributed by atoms with Crippen LogP contribution in [0, 0.1) is 0 Å². The summed E-state index contributed by atoms with van der Waals surface area (Å²) < 4.78 is 5.91. The maximum absolute atomic E-state index is 5.91. The zero-order chi connectivity index (χ0) is 14.7. The van der Waals surface area contributed by atoms with E-state index in [9.17, 15) is 0 Å². The third-order valence-electron chi connectivity index (χ3n) is 4.39. The maximum atomic E-state index is 5.91.